The summed E-state index contributed by atoms with van der Waals surface area (Å²) in [5.74, 6) is 1.90. The standard InChI is InChI=1S/C17H27BO4/c1-12(2)11-20-15-10-13(8-9-14(15)19-7)18-21-16(3,4)17(5,6)22-18/h8-10,12H,11H2,1-7H3. The van der Waals surface area contributed by atoms with E-state index >= 15 is 0 Å². The van der Waals surface area contributed by atoms with E-state index in [9.17, 15) is 0 Å². The summed E-state index contributed by atoms with van der Waals surface area (Å²) in [6.07, 6.45) is 0. The number of methoxy groups -OCH3 is 1. The quantitative estimate of drug-likeness (QED) is 0.784. The zero-order chi connectivity index (χ0) is 16.5. The summed E-state index contributed by atoms with van der Waals surface area (Å²) in [5, 5.41) is 0. The van der Waals surface area contributed by atoms with Gasteiger partial charge in [0.15, 0.2) is 11.5 Å². The zero-order valence-electron chi connectivity index (χ0n) is 14.7. The lowest BCUT2D eigenvalue weighted by atomic mass is 9.79. The molecule has 0 aliphatic carbocycles. The molecule has 0 aromatic heterocycles. The van der Waals surface area contributed by atoms with Crippen LogP contribution in [-0.2, 0) is 9.31 Å². The molecule has 1 aliphatic rings. The van der Waals surface area contributed by atoms with Gasteiger partial charge >= 0.3 is 7.12 Å². The number of hydrogen-bond donors (Lipinski definition) is 0. The molecule has 0 unspecified atom stereocenters. The van der Waals surface area contributed by atoms with E-state index in [1.54, 1.807) is 7.11 Å². The van der Waals surface area contributed by atoms with Crippen molar-refractivity contribution in [2.75, 3.05) is 13.7 Å². The Kier molecular flexibility index (Phi) is 4.78. The molecule has 1 aliphatic heterocycles. The van der Waals surface area contributed by atoms with Gasteiger partial charge in [-0.2, -0.15) is 0 Å². The van der Waals surface area contributed by atoms with Crippen molar-refractivity contribution in [2.45, 2.75) is 52.7 Å². The lowest BCUT2D eigenvalue weighted by Gasteiger charge is -2.32. The first-order valence-electron chi connectivity index (χ1n) is 7.82. The second-order valence-electron chi connectivity index (χ2n) is 7.20. The van der Waals surface area contributed by atoms with Gasteiger partial charge in [0.2, 0.25) is 0 Å². The summed E-state index contributed by atoms with van der Waals surface area (Å²) < 4.78 is 23.4. The fraction of sp³-hybridized carbons (Fsp3) is 0.647. The normalized spacial score (nSPS) is 19.5. The van der Waals surface area contributed by atoms with Gasteiger partial charge in [0.25, 0.3) is 0 Å². The van der Waals surface area contributed by atoms with Crippen LogP contribution in [0.3, 0.4) is 0 Å². The number of benzene rings is 1. The van der Waals surface area contributed by atoms with E-state index in [1.165, 1.54) is 0 Å². The van der Waals surface area contributed by atoms with E-state index in [2.05, 4.69) is 13.8 Å². The van der Waals surface area contributed by atoms with Gasteiger partial charge in [0, 0.05) is 0 Å². The van der Waals surface area contributed by atoms with Gasteiger partial charge < -0.3 is 18.8 Å². The first-order chi connectivity index (χ1) is 10.2. The van der Waals surface area contributed by atoms with Gasteiger partial charge in [-0.05, 0) is 51.2 Å². The van der Waals surface area contributed by atoms with Crippen molar-refractivity contribution in [1.82, 2.24) is 0 Å². The van der Waals surface area contributed by atoms with Crippen molar-refractivity contribution in [1.29, 1.82) is 0 Å². The van der Waals surface area contributed by atoms with Crippen molar-refractivity contribution in [3.8, 4) is 11.5 Å². The highest BCUT2D eigenvalue weighted by molar-refractivity contribution is 6.62. The summed E-state index contributed by atoms with van der Waals surface area (Å²) in [6, 6.07) is 5.81. The van der Waals surface area contributed by atoms with Crippen LogP contribution >= 0.6 is 0 Å². The smallest absolute Gasteiger partial charge is 0.493 e. The minimum Gasteiger partial charge on any atom is -0.493 e. The highest BCUT2D eigenvalue weighted by Crippen LogP contribution is 2.37. The molecule has 1 fully saturated rings. The average Bonchev–Trinajstić information content (AvgIpc) is 2.64. The van der Waals surface area contributed by atoms with E-state index in [0.29, 0.717) is 12.5 Å². The Morgan fingerprint density at radius 3 is 2.14 bits per heavy atom. The Morgan fingerprint density at radius 2 is 1.64 bits per heavy atom. The fourth-order valence-electron chi connectivity index (χ4n) is 2.19. The van der Waals surface area contributed by atoms with Gasteiger partial charge in [0.05, 0.1) is 24.9 Å². The van der Waals surface area contributed by atoms with Gasteiger partial charge in [-0.15, -0.1) is 0 Å². The number of hydrogen-bond acceptors (Lipinski definition) is 4. The third-order valence-corrected chi connectivity index (χ3v) is 4.29. The molecule has 22 heavy (non-hydrogen) atoms. The lowest BCUT2D eigenvalue weighted by molar-refractivity contribution is 0.00578. The number of ether oxygens (including phenoxy) is 2. The van der Waals surface area contributed by atoms with Crippen LogP contribution in [0.5, 0.6) is 11.5 Å². The molecule has 4 nitrogen and oxygen atoms in total. The highest BCUT2D eigenvalue weighted by Gasteiger charge is 2.51. The van der Waals surface area contributed by atoms with E-state index in [-0.39, 0.29) is 11.2 Å². The lowest BCUT2D eigenvalue weighted by Crippen LogP contribution is -2.41. The monoisotopic (exact) mass is 306 g/mol. The summed E-state index contributed by atoms with van der Waals surface area (Å²) >= 11 is 0. The zero-order valence-corrected chi connectivity index (χ0v) is 14.7. The van der Waals surface area contributed by atoms with Gasteiger partial charge in [-0.25, -0.2) is 0 Å². The molecule has 5 heteroatoms. The average molecular weight is 306 g/mol. The molecule has 2 rings (SSSR count). The largest absolute Gasteiger partial charge is 0.494 e. The van der Waals surface area contributed by atoms with Crippen molar-refractivity contribution < 1.29 is 18.8 Å². The predicted molar refractivity (Wildman–Crippen MR) is 89.0 cm³/mol. The van der Waals surface area contributed by atoms with Crippen LogP contribution in [0, 0.1) is 5.92 Å². The highest BCUT2D eigenvalue weighted by atomic mass is 16.7. The number of rotatable bonds is 5. The van der Waals surface area contributed by atoms with Crippen LogP contribution in [0.25, 0.3) is 0 Å². The molecule has 0 atom stereocenters. The molecule has 122 valence electrons. The van der Waals surface area contributed by atoms with Crippen molar-refractivity contribution in [2.24, 2.45) is 5.92 Å². The summed E-state index contributed by atoms with van der Waals surface area (Å²) in [7, 11) is 1.25. The first kappa shape index (κ1) is 17.2. The molecular weight excluding hydrogens is 279 g/mol. The summed E-state index contributed by atoms with van der Waals surface area (Å²) in [4.78, 5) is 0. The summed E-state index contributed by atoms with van der Waals surface area (Å²) in [6.45, 7) is 13.1. The molecule has 1 aromatic rings. The van der Waals surface area contributed by atoms with Crippen LogP contribution in [-0.4, -0.2) is 32.0 Å². The molecule has 0 spiro atoms. The molecule has 0 amide bonds. The predicted octanol–water partition coefficient (Wildman–Crippen LogP) is 3.03. The molecule has 1 heterocycles. The summed E-state index contributed by atoms with van der Waals surface area (Å²) in [5.41, 5.74) is 0.241. The minimum absolute atomic E-state index is 0.351. The fourth-order valence-corrected chi connectivity index (χ4v) is 2.19. The van der Waals surface area contributed by atoms with Crippen molar-refractivity contribution >= 4 is 12.6 Å². The molecule has 0 radical (unpaired) electrons. The van der Waals surface area contributed by atoms with Crippen molar-refractivity contribution in [3.63, 3.8) is 0 Å². The van der Waals surface area contributed by atoms with E-state index in [0.717, 1.165) is 17.0 Å². The van der Waals surface area contributed by atoms with Crippen molar-refractivity contribution in [3.05, 3.63) is 18.2 Å². The molecular formula is C17H27BO4. The van der Waals surface area contributed by atoms with E-state index in [1.807, 2.05) is 45.9 Å². The third-order valence-electron chi connectivity index (χ3n) is 4.29. The second-order valence-corrected chi connectivity index (χ2v) is 7.20. The van der Waals surface area contributed by atoms with Crippen LogP contribution in [0.15, 0.2) is 18.2 Å². The Bertz CT molecular complexity index is 509. The topological polar surface area (TPSA) is 36.9 Å². The Labute approximate surface area is 134 Å². The molecule has 0 bridgehead atoms. The Balaban J connectivity index is 2.24. The molecule has 1 aromatic carbocycles. The Hall–Kier alpha value is -1.20. The van der Waals surface area contributed by atoms with Gasteiger partial charge in [0.1, 0.15) is 0 Å². The maximum absolute atomic E-state index is 6.09. The molecule has 0 saturated carbocycles. The van der Waals surface area contributed by atoms with Crippen LogP contribution in [0.1, 0.15) is 41.5 Å². The third kappa shape index (κ3) is 3.41. The maximum atomic E-state index is 6.09. The second kappa shape index (κ2) is 6.13. The van der Waals surface area contributed by atoms with Gasteiger partial charge in [-0.3, -0.25) is 0 Å². The van der Waals surface area contributed by atoms with Gasteiger partial charge in [-0.1, -0.05) is 19.9 Å². The minimum atomic E-state index is -0.391. The van der Waals surface area contributed by atoms with E-state index < -0.39 is 7.12 Å². The van der Waals surface area contributed by atoms with E-state index in [4.69, 9.17) is 18.8 Å². The van der Waals surface area contributed by atoms with Crippen LogP contribution in [0.4, 0.5) is 0 Å². The Morgan fingerprint density at radius 1 is 1.05 bits per heavy atom. The molecule has 1 saturated heterocycles. The maximum Gasteiger partial charge on any atom is 0.494 e. The van der Waals surface area contributed by atoms with Crippen LogP contribution < -0.4 is 14.9 Å². The van der Waals surface area contributed by atoms with Crippen LogP contribution in [0.2, 0.25) is 0 Å². The SMILES string of the molecule is COc1ccc(B2OC(C)(C)C(C)(C)O2)cc1OCC(C)C. The first-order valence-corrected chi connectivity index (χ1v) is 7.82. The molecule has 0 N–H and O–H groups in total.